The molecule has 0 radical (unpaired) electrons. The summed E-state index contributed by atoms with van der Waals surface area (Å²) in [7, 11) is 1.62. The van der Waals surface area contributed by atoms with Gasteiger partial charge < -0.3 is 9.84 Å². The molecule has 2 N–H and O–H groups in total. The van der Waals surface area contributed by atoms with E-state index in [9.17, 15) is 27.9 Å². The average Bonchev–Trinajstić information content (AvgIpc) is 3.37. The highest BCUT2D eigenvalue weighted by molar-refractivity contribution is 7.31. The summed E-state index contributed by atoms with van der Waals surface area (Å²) in [6.45, 7) is 1.76. The molecule has 1 amide bonds. The zero-order valence-corrected chi connectivity index (χ0v) is 23.9. The molecular weight excluding hydrogens is 589 g/mol. The van der Waals surface area contributed by atoms with Crippen molar-refractivity contribution in [3.63, 3.8) is 0 Å². The first-order chi connectivity index (χ1) is 20.0. The lowest BCUT2D eigenvalue weighted by Gasteiger charge is -2.17. The van der Waals surface area contributed by atoms with Crippen LogP contribution in [0, 0.1) is 0 Å². The van der Waals surface area contributed by atoms with Crippen LogP contribution in [-0.2, 0) is 28.2 Å². The van der Waals surface area contributed by atoms with E-state index in [4.69, 9.17) is 4.74 Å². The van der Waals surface area contributed by atoms with Crippen LogP contribution in [0.3, 0.4) is 0 Å². The van der Waals surface area contributed by atoms with Crippen molar-refractivity contribution in [1.29, 1.82) is 0 Å². The largest absolute Gasteiger partial charge is 0.481 e. The van der Waals surface area contributed by atoms with Crippen LogP contribution < -0.4 is 5.32 Å². The number of carboxylic acid groups (broad SMARTS) is 1. The number of carboxylic acids is 1. The van der Waals surface area contributed by atoms with E-state index in [-0.39, 0.29) is 11.1 Å². The molecule has 0 saturated heterocycles. The van der Waals surface area contributed by atoms with Gasteiger partial charge in [-0.1, -0.05) is 47.7 Å². The van der Waals surface area contributed by atoms with E-state index in [1.165, 1.54) is 39.5 Å². The standard InChI is InChI=1S/C29H23F3N4O4S2/c1-15(16-6-4-3-5-7-16)40-27(39)33-25-24(34-35-36(25)2)23-14-22-21(42-23)13-20(41-22)18-9-8-17(12-19(18)29(30,31)32)28(10-11-28)26(37)38/h3-9,12-15H,10-11H2,1-2H3,(H,33,39)(H,37,38). The number of rotatable bonds is 7. The number of alkyl halides is 3. The number of nitrogens with one attached hydrogen (secondary N) is 1. The van der Waals surface area contributed by atoms with Crippen LogP contribution in [0.25, 0.3) is 30.4 Å². The number of fused-ring (bicyclic) bond motifs is 1. The number of aryl methyl sites for hydroxylation is 1. The maximum atomic E-state index is 14.1. The van der Waals surface area contributed by atoms with Crippen LogP contribution in [-0.4, -0.2) is 32.2 Å². The number of nitrogens with zero attached hydrogens (tertiary/aromatic N) is 3. The maximum Gasteiger partial charge on any atom is 0.417 e. The van der Waals surface area contributed by atoms with E-state index in [2.05, 4.69) is 15.6 Å². The van der Waals surface area contributed by atoms with Crippen LogP contribution in [0.5, 0.6) is 0 Å². The van der Waals surface area contributed by atoms with Crippen molar-refractivity contribution in [2.45, 2.75) is 37.5 Å². The second-order valence-corrected chi connectivity index (χ2v) is 12.3. The van der Waals surface area contributed by atoms with Crippen molar-refractivity contribution < 1.29 is 32.6 Å². The van der Waals surface area contributed by atoms with Crippen LogP contribution in [0.2, 0.25) is 0 Å². The average molecular weight is 613 g/mol. The molecule has 0 spiro atoms. The fourth-order valence-electron chi connectivity index (χ4n) is 4.87. The number of aromatic nitrogens is 3. The van der Waals surface area contributed by atoms with Crippen molar-refractivity contribution >= 4 is 50.0 Å². The second kappa shape index (κ2) is 10.2. The molecule has 6 rings (SSSR count). The Morgan fingerprint density at radius 2 is 1.71 bits per heavy atom. The van der Waals surface area contributed by atoms with Crippen molar-refractivity contribution in [1.82, 2.24) is 15.0 Å². The van der Waals surface area contributed by atoms with Gasteiger partial charge in [0.15, 0.2) is 5.82 Å². The zero-order chi connectivity index (χ0) is 29.8. The number of ether oxygens (including phenoxy) is 1. The number of anilines is 1. The molecule has 1 aliphatic carbocycles. The lowest BCUT2D eigenvalue weighted by Crippen LogP contribution is -2.20. The molecule has 42 heavy (non-hydrogen) atoms. The van der Waals surface area contributed by atoms with Gasteiger partial charge in [0.05, 0.1) is 15.9 Å². The Labute approximate surface area is 245 Å². The molecule has 1 saturated carbocycles. The number of benzene rings is 2. The van der Waals surface area contributed by atoms with Crippen molar-refractivity contribution in [2.24, 2.45) is 7.05 Å². The Bertz CT molecular complexity index is 1790. The van der Waals surface area contributed by atoms with Crippen LogP contribution >= 0.6 is 22.7 Å². The first kappa shape index (κ1) is 27.9. The molecule has 3 aromatic heterocycles. The fraction of sp³-hybridized carbons (Fsp3) is 0.241. The smallest absolute Gasteiger partial charge is 0.417 e. The van der Waals surface area contributed by atoms with Gasteiger partial charge in [-0.3, -0.25) is 10.1 Å². The zero-order valence-electron chi connectivity index (χ0n) is 22.2. The lowest BCUT2D eigenvalue weighted by molar-refractivity contribution is -0.141. The molecule has 0 aliphatic heterocycles. The molecule has 13 heteroatoms. The summed E-state index contributed by atoms with van der Waals surface area (Å²) < 4.78 is 50.7. The summed E-state index contributed by atoms with van der Waals surface area (Å²) in [5, 5.41) is 20.5. The lowest BCUT2D eigenvalue weighted by atomic mass is 9.92. The third-order valence-electron chi connectivity index (χ3n) is 7.34. The Morgan fingerprint density at radius 3 is 2.36 bits per heavy atom. The minimum absolute atomic E-state index is 0.000436. The minimum atomic E-state index is -4.66. The first-order valence-electron chi connectivity index (χ1n) is 12.9. The minimum Gasteiger partial charge on any atom is -0.481 e. The maximum absolute atomic E-state index is 14.1. The number of amides is 1. The van der Waals surface area contributed by atoms with Gasteiger partial charge in [0.25, 0.3) is 0 Å². The summed E-state index contributed by atoms with van der Waals surface area (Å²) in [5.41, 5.74) is -0.684. The third kappa shape index (κ3) is 5.02. The van der Waals surface area contributed by atoms with Gasteiger partial charge in [0.1, 0.15) is 11.8 Å². The molecule has 2 aromatic carbocycles. The molecule has 1 atom stereocenters. The van der Waals surface area contributed by atoms with E-state index >= 15 is 0 Å². The Morgan fingerprint density at radius 1 is 1.05 bits per heavy atom. The summed E-state index contributed by atoms with van der Waals surface area (Å²) in [5.74, 6) is -0.791. The number of halogens is 3. The molecule has 1 unspecified atom stereocenters. The Hall–Kier alpha value is -4.23. The van der Waals surface area contributed by atoms with E-state index in [0.29, 0.717) is 34.1 Å². The molecule has 5 aromatic rings. The van der Waals surface area contributed by atoms with Gasteiger partial charge in [-0.15, -0.1) is 27.8 Å². The van der Waals surface area contributed by atoms with Crippen molar-refractivity contribution in [2.75, 3.05) is 5.32 Å². The van der Waals surface area contributed by atoms with Crippen LogP contribution in [0.4, 0.5) is 23.8 Å². The van der Waals surface area contributed by atoms with E-state index in [0.717, 1.165) is 21.0 Å². The Kier molecular flexibility index (Phi) is 6.81. The fourth-order valence-corrected chi connectivity index (χ4v) is 7.29. The summed E-state index contributed by atoms with van der Waals surface area (Å²) in [4.78, 5) is 25.5. The highest BCUT2D eigenvalue weighted by Crippen LogP contribution is 2.51. The topological polar surface area (TPSA) is 106 Å². The SMILES string of the molecule is CC(OC(=O)Nc1c(-c2cc3sc(-c4ccc(C5(C(=O)O)CC5)cc4C(F)(F)F)cc3s2)nnn1C)c1ccccc1. The number of thiophene rings is 2. The van der Waals surface area contributed by atoms with Crippen LogP contribution in [0.15, 0.2) is 60.7 Å². The van der Waals surface area contributed by atoms with Gasteiger partial charge in [0.2, 0.25) is 0 Å². The predicted molar refractivity (Wildman–Crippen MR) is 154 cm³/mol. The number of hydrogen-bond acceptors (Lipinski definition) is 7. The number of carbonyl (C=O) groups excluding carboxylic acids is 1. The highest BCUT2D eigenvalue weighted by Gasteiger charge is 2.52. The van der Waals surface area contributed by atoms with Gasteiger partial charge in [0, 0.05) is 26.9 Å². The number of hydrogen-bond donors (Lipinski definition) is 2. The first-order valence-corrected chi connectivity index (χ1v) is 14.5. The molecule has 3 heterocycles. The highest BCUT2D eigenvalue weighted by atomic mass is 32.1. The van der Waals surface area contributed by atoms with E-state index in [1.807, 2.05) is 30.3 Å². The summed E-state index contributed by atoms with van der Waals surface area (Å²) >= 11 is 2.50. The van der Waals surface area contributed by atoms with Gasteiger partial charge in [-0.2, -0.15) is 13.2 Å². The van der Waals surface area contributed by atoms with Crippen molar-refractivity contribution in [3.8, 4) is 21.0 Å². The summed E-state index contributed by atoms with van der Waals surface area (Å²) in [6.07, 6.45) is -5.19. The second-order valence-electron chi connectivity index (χ2n) is 10.1. The molecule has 8 nitrogen and oxygen atoms in total. The molecule has 1 fully saturated rings. The van der Waals surface area contributed by atoms with Gasteiger partial charge in [-0.05, 0) is 49.1 Å². The van der Waals surface area contributed by atoms with Crippen LogP contribution in [0.1, 0.15) is 42.6 Å². The molecular formula is C29H23F3N4O4S2. The monoisotopic (exact) mass is 612 g/mol. The normalized spacial score (nSPS) is 15.0. The van der Waals surface area contributed by atoms with Gasteiger partial charge in [-0.25, -0.2) is 9.48 Å². The predicted octanol–water partition coefficient (Wildman–Crippen LogP) is 7.87. The third-order valence-corrected chi connectivity index (χ3v) is 9.68. The van der Waals surface area contributed by atoms with E-state index < -0.39 is 35.3 Å². The Balaban J connectivity index is 1.27. The molecule has 216 valence electrons. The van der Waals surface area contributed by atoms with Crippen molar-refractivity contribution in [3.05, 3.63) is 77.4 Å². The number of aliphatic carboxylic acids is 1. The summed E-state index contributed by atoms with van der Waals surface area (Å²) in [6, 6.07) is 16.6. The van der Waals surface area contributed by atoms with E-state index in [1.54, 1.807) is 26.1 Å². The number of carbonyl (C=O) groups is 2. The molecule has 0 bridgehead atoms. The quantitative estimate of drug-likeness (QED) is 0.194. The molecule has 1 aliphatic rings. The van der Waals surface area contributed by atoms with Gasteiger partial charge >= 0.3 is 18.2 Å².